The molecule has 2 rings (SSSR count). The number of carbonyl (C=O) groups is 1. The van der Waals surface area contributed by atoms with Crippen LogP contribution in [-0.4, -0.2) is 19.3 Å². The lowest BCUT2D eigenvalue weighted by molar-refractivity contribution is 0.134. The smallest absolute Gasteiger partial charge is 0.408 e. The van der Waals surface area contributed by atoms with Crippen LogP contribution in [0.3, 0.4) is 0 Å². The van der Waals surface area contributed by atoms with Gasteiger partial charge >= 0.3 is 13.7 Å². The van der Waals surface area contributed by atoms with E-state index in [9.17, 15) is 9.36 Å². The minimum absolute atomic E-state index is 0.0920. The van der Waals surface area contributed by atoms with Crippen LogP contribution in [0.4, 0.5) is 10.5 Å². The highest BCUT2D eigenvalue weighted by atomic mass is 31.2. The molecule has 0 spiro atoms. The summed E-state index contributed by atoms with van der Waals surface area (Å²) in [6.45, 7) is 3.85. The van der Waals surface area contributed by atoms with Crippen LogP contribution >= 0.6 is 7.60 Å². The molecule has 0 aromatic heterocycles. The van der Waals surface area contributed by atoms with E-state index in [1.165, 1.54) is 0 Å². The zero-order valence-corrected chi connectivity index (χ0v) is 16.4. The summed E-state index contributed by atoms with van der Waals surface area (Å²) in [4.78, 5) is 12.3. The molecule has 0 aliphatic heterocycles. The van der Waals surface area contributed by atoms with Crippen molar-refractivity contribution in [3.8, 4) is 0 Å². The van der Waals surface area contributed by atoms with E-state index in [-0.39, 0.29) is 19.8 Å². The average Bonchev–Trinajstić information content (AvgIpc) is 2.66. The second-order valence-corrected chi connectivity index (χ2v) is 7.76. The molecule has 0 radical (unpaired) electrons. The highest BCUT2D eigenvalue weighted by Crippen LogP contribution is 2.59. The van der Waals surface area contributed by atoms with Gasteiger partial charge < -0.3 is 24.8 Å². The van der Waals surface area contributed by atoms with E-state index < -0.39 is 19.5 Å². The number of carbonyl (C=O) groups excluding carboxylic acids is 1. The molecule has 2 aromatic carbocycles. The first-order chi connectivity index (χ1) is 13.0. The van der Waals surface area contributed by atoms with Gasteiger partial charge in [0.2, 0.25) is 0 Å². The Balaban J connectivity index is 2.19. The summed E-state index contributed by atoms with van der Waals surface area (Å²) >= 11 is 0. The average molecular weight is 392 g/mol. The Morgan fingerprint density at radius 3 is 2.19 bits per heavy atom. The normalized spacial score (nSPS) is 12.4. The Bertz CT molecular complexity index is 757. The van der Waals surface area contributed by atoms with Crippen molar-refractivity contribution in [1.82, 2.24) is 5.32 Å². The van der Waals surface area contributed by atoms with Gasteiger partial charge in [-0.25, -0.2) is 4.79 Å². The lowest BCUT2D eigenvalue weighted by Gasteiger charge is -2.27. The molecular formula is C19H25N2O5P. The number of rotatable bonds is 9. The Hall–Kier alpha value is -2.34. The van der Waals surface area contributed by atoms with Gasteiger partial charge in [0, 0.05) is 5.69 Å². The fraction of sp³-hybridized carbons (Fsp3) is 0.316. The Labute approximate surface area is 159 Å². The molecule has 8 heteroatoms. The number of alkyl carbamates (subject to hydrolysis) is 1. The number of hydrogen-bond donors (Lipinski definition) is 2. The number of nitrogen functional groups attached to an aromatic ring is 1. The van der Waals surface area contributed by atoms with Crippen LogP contribution in [-0.2, 0) is 25.0 Å². The lowest BCUT2D eigenvalue weighted by atomic mass is 10.2. The maximum atomic E-state index is 13.3. The number of ether oxygens (including phenoxy) is 1. The third-order valence-electron chi connectivity index (χ3n) is 3.65. The predicted molar refractivity (Wildman–Crippen MR) is 104 cm³/mol. The maximum Gasteiger partial charge on any atom is 0.408 e. The quantitative estimate of drug-likeness (QED) is 0.483. The molecule has 0 aliphatic rings. The van der Waals surface area contributed by atoms with Crippen molar-refractivity contribution < 1.29 is 23.1 Å². The lowest BCUT2D eigenvalue weighted by Crippen LogP contribution is -2.30. The van der Waals surface area contributed by atoms with Crippen LogP contribution in [0.1, 0.15) is 30.8 Å². The summed E-state index contributed by atoms with van der Waals surface area (Å²) in [5.41, 5.74) is 7.66. The molecule has 0 saturated carbocycles. The van der Waals surface area contributed by atoms with Gasteiger partial charge in [0.15, 0.2) is 5.78 Å². The van der Waals surface area contributed by atoms with Crippen molar-refractivity contribution in [2.45, 2.75) is 26.2 Å². The summed E-state index contributed by atoms with van der Waals surface area (Å²) in [7, 11) is -3.67. The number of hydrogen-bond acceptors (Lipinski definition) is 6. The summed E-state index contributed by atoms with van der Waals surface area (Å²) in [5.74, 6) is -1.01. The number of amides is 1. The molecule has 0 bridgehead atoms. The fourth-order valence-electron chi connectivity index (χ4n) is 2.45. The van der Waals surface area contributed by atoms with Crippen LogP contribution in [0.15, 0.2) is 54.6 Å². The summed E-state index contributed by atoms with van der Waals surface area (Å²) in [6, 6.07) is 15.9. The first-order valence-corrected chi connectivity index (χ1v) is 10.3. The molecule has 0 aliphatic carbocycles. The van der Waals surface area contributed by atoms with E-state index >= 15 is 0 Å². The van der Waals surface area contributed by atoms with Gasteiger partial charge in [-0.3, -0.25) is 4.57 Å². The van der Waals surface area contributed by atoms with E-state index in [0.29, 0.717) is 11.3 Å². The van der Waals surface area contributed by atoms with Gasteiger partial charge in [0.25, 0.3) is 0 Å². The topological polar surface area (TPSA) is 99.9 Å². The second-order valence-electron chi connectivity index (χ2n) is 5.65. The van der Waals surface area contributed by atoms with Crippen molar-refractivity contribution in [2.75, 3.05) is 18.9 Å². The van der Waals surface area contributed by atoms with Gasteiger partial charge in [0.1, 0.15) is 6.61 Å². The monoisotopic (exact) mass is 392 g/mol. The summed E-state index contributed by atoms with van der Waals surface area (Å²) in [6.07, 6.45) is -0.722. The SMILES string of the molecule is CCOP(=O)(OCC)C(NC(=O)OCc1ccccc1)c1ccc(N)cc1. The third kappa shape index (κ3) is 6.10. The third-order valence-corrected chi connectivity index (χ3v) is 5.95. The molecule has 1 unspecified atom stereocenters. The van der Waals surface area contributed by atoms with E-state index in [1.807, 2.05) is 30.3 Å². The highest BCUT2D eigenvalue weighted by Gasteiger charge is 2.38. The van der Waals surface area contributed by atoms with Crippen molar-refractivity contribution in [1.29, 1.82) is 0 Å². The first kappa shape index (κ1) is 21.0. The number of benzene rings is 2. The molecular weight excluding hydrogens is 367 g/mol. The number of nitrogens with two attached hydrogens (primary N) is 1. The van der Waals surface area contributed by atoms with Crippen molar-refractivity contribution >= 4 is 19.4 Å². The van der Waals surface area contributed by atoms with E-state index in [2.05, 4.69) is 5.32 Å². The number of anilines is 1. The molecule has 0 saturated heterocycles. The van der Waals surface area contributed by atoms with Gasteiger partial charge in [-0.15, -0.1) is 0 Å². The number of nitrogens with one attached hydrogen (secondary N) is 1. The van der Waals surface area contributed by atoms with Gasteiger partial charge in [-0.2, -0.15) is 0 Å². The summed E-state index contributed by atoms with van der Waals surface area (Å²) < 4.78 is 29.3. The van der Waals surface area contributed by atoms with Crippen LogP contribution < -0.4 is 11.1 Å². The van der Waals surface area contributed by atoms with Crippen LogP contribution in [0, 0.1) is 0 Å². The molecule has 1 atom stereocenters. The molecule has 2 aromatic rings. The van der Waals surface area contributed by atoms with Crippen LogP contribution in [0.5, 0.6) is 0 Å². The first-order valence-electron chi connectivity index (χ1n) is 8.70. The van der Waals surface area contributed by atoms with Crippen LogP contribution in [0.2, 0.25) is 0 Å². The molecule has 0 heterocycles. The molecule has 7 nitrogen and oxygen atoms in total. The van der Waals surface area contributed by atoms with E-state index in [0.717, 1.165) is 5.56 Å². The van der Waals surface area contributed by atoms with Crippen molar-refractivity contribution in [3.05, 3.63) is 65.7 Å². The Morgan fingerprint density at radius 1 is 1.04 bits per heavy atom. The predicted octanol–water partition coefficient (Wildman–Crippen LogP) is 4.46. The largest absolute Gasteiger partial charge is 0.445 e. The van der Waals surface area contributed by atoms with Crippen molar-refractivity contribution in [2.24, 2.45) is 0 Å². The molecule has 1 amide bonds. The van der Waals surface area contributed by atoms with E-state index in [4.69, 9.17) is 19.5 Å². The zero-order valence-electron chi connectivity index (χ0n) is 15.5. The molecule has 146 valence electrons. The highest BCUT2D eigenvalue weighted by molar-refractivity contribution is 7.54. The zero-order chi connectivity index (χ0) is 19.7. The molecule has 27 heavy (non-hydrogen) atoms. The Morgan fingerprint density at radius 2 is 1.63 bits per heavy atom. The van der Waals surface area contributed by atoms with Crippen LogP contribution in [0.25, 0.3) is 0 Å². The summed E-state index contributed by atoms with van der Waals surface area (Å²) in [5, 5.41) is 2.62. The van der Waals surface area contributed by atoms with Gasteiger partial charge in [-0.05, 0) is 37.1 Å². The molecule has 0 fully saturated rings. The van der Waals surface area contributed by atoms with Gasteiger partial charge in [-0.1, -0.05) is 42.5 Å². The fourth-order valence-corrected chi connectivity index (χ4v) is 4.34. The standard InChI is InChI=1S/C19H25N2O5P/c1-3-25-27(23,26-4-2)18(16-10-12-17(20)13-11-16)21-19(22)24-14-15-8-6-5-7-9-15/h5-13,18H,3-4,14,20H2,1-2H3,(H,21,22). The minimum atomic E-state index is -3.67. The maximum absolute atomic E-state index is 13.3. The van der Waals surface area contributed by atoms with Gasteiger partial charge in [0.05, 0.1) is 13.2 Å². The molecule has 3 N–H and O–H groups in total. The second kappa shape index (κ2) is 10.1. The Kier molecular flexibility index (Phi) is 7.85. The van der Waals surface area contributed by atoms with Crippen molar-refractivity contribution in [3.63, 3.8) is 0 Å². The minimum Gasteiger partial charge on any atom is -0.445 e. The van der Waals surface area contributed by atoms with E-state index in [1.54, 1.807) is 38.1 Å².